The molecule has 0 unspecified atom stereocenters. The van der Waals surface area contributed by atoms with Crippen molar-refractivity contribution in [2.75, 3.05) is 0 Å². The number of azo groups is 1. The first kappa shape index (κ1) is 15.7. The van der Waals surface area contributed by atoms with Gasteiger partial charge in [0.15, 0.2) is 0 Å². The molecule has 0 heterocycles. The van der Waals surface area contributed by atoms with E-state index in [1.165, 1.54) is 0 Å². The van der Waals surface area contributed by atoms with E-state index in [4.69, 9.17) is 4.74 Å². The number of carbonyl (C=O) groups excluding carboxylic acids is 1. The lowest BCUT2D eigenvalue weighted by Gasteiger charge is -2.20. The Bertz CT molecular complexity index is 686. The summed E-state index contributed by atoms with van der Waals surface area (Å²) >= 11 is 0. The lowest BCUT2D eigenvalue weighted by Crippen LogP contribution is -2.10. The predicted molar refractivity (Wildman–Crippen MR) is 84.1 cm³/mol. The second kappa shape index (κ2) is 6.39. The van der Waals surface area contributed by atoms with E-state index in [0.717, 1.165) is 5.56 Å². The quantitative estimate of drug-likeness (QED) is 0.660. The van der Waals surface area contributed by atoms with Crippen molar-refractivity contribution >= 4 is 17.8 Å². The van der Waals surface area contributed by atoms with Crippen LogP contribution >= 0.6 is 0 Å². The van der Waals surface area contributed by atoms with Crippen LogP contribution in [0.25, 0.3) is 0 Å². The van der Waals surface area contributed by atoms with Crippen molar-refractivity contribution in [3.05, 3.63) is 48.0 Å². The Hall–Kier alpha value is -2.69. The third kappa shape index (κ3) is 3.91. The summed E-state index contributed by atoms with van der Waals surface area (Å²) in [6, 6.07) is 11.8. The van der Waals surface area contributed by atoms with Crippen LogP contribution in [0.15, 0.2) is 52.7 Å². The van der Waals surface area contributed by atoms with E-state index in [1.54, 1.807) is 36.4 Å². The Labute approximate surface area is 129 Å². The van der Waals surface area contributed by atoms with E-state index in [-0.39, 0.29) is 11.2 Å². The highest BCUT2D eigenvalue weighted by molar-refractivity contribution is 5.51. The number of carbonyl (C=O) groups is 1. The molecule has 0 aliphatic heterocycles. The van der Waals surface area contributed by atoms with Gasteiger partial charge in [-0.2, -0.15) is 10.2 Å². The molecule has 22 heavy (non-hydrogen) atoms. The molecule has 0 atom stereocenters. The maximum Gasteiger partial charge on any atom is 0.298 e. The minimum atomic E-state index is -0.177. The second-order valence-corrected chi connectivity index (χ2v) is 5.86. The van der Waals surface area contributed by atoms with Crippen molar-refractivity contribution in [2.24, 2.45) is 10.2 Å². The van der Waals surface area contributed by atoms with Crippen molar-refractivity contribution in [3.63, 3.8) is 0 Å². The first-order valence-electron chi connectivity index (χ1n) is 6.86. The number of ether oxygens (including phenoxy) is 1. The summed E-state index contributed by atoms with van der Waals surface area (Å²) in [5, 5.41) is 18.2. The normalized spacial score (nSPS) is 11.6. The van der Waals surface area contributed by atoms with E-state index >= 15 is 0 Å². The van der Waals surface area contributed by atoms with Crippen LogP contribution < -0.4 is 4.74 Å². The highest BCUT2D eigenvalue weighted by Gasteiger charge is 2.18. The lowest BCUT2D eigenvalue weighted by molar-refractivity contribution is -0.120. The van der Waals surface area contributed by atoms with E-state index in [2.05, 4.69) is 10.2 Å². The first-order valence-corrected chi connectivity index (χ1v) is 6.86. The van der Waals surface area contributed by atoms with Gasteiger partial charge in [0, 0.05) is 5.56 Å². The molecule has 114 valence electrons. The molecule has 0 amide bonds. The van der Waals surface area contributed by atoms with Crippen molar-refractivity contribution < 1.29 is 14.6 Å². The molecule has 0 aromatic heterocycles. The average molecular weight is 298 g/mol. The van der Waals surface area contributed by atoms with Gasteiger partial charge in [0.1, 0.15) is 11.5 Å². The Kier molecular flexibility index (Phi) is 4.56. The van der Waals surface area contributed by atoms with Crippen molar-refractivity contribution in [1.29, 1.82) is 0 Å². The van der Waals surface area contributed by atoms with Gasteiger partial charge in [-0.25, -0.2) is 0 Å². The Morgan fingerprint density at radius 2 is 1.59 bits per heavy atom. The predicted octanol–water partition coefficient (Wildman–Crippen LogP) is 4.64. The van der Waals surface area contributed by atoms with Gasteiger partial charge >= 0.3 is 0 Å². The Balaban J connectivity index is 2.21. The van der Waals surface area contributed by atoms with Gasteiger partial charge in [0.05, 0.1) is 11.4 Å². The molecule has 0 radical (unpaired) electrons. The molecular weight excluding hydrogens is 280 g/mol. The number of phenolic OH excluding ortho intramolecular Hbond substituents is 1. The van der Waals surface area contributed by atoms with Gasteiger partial charge in [-0.15, -0.1) is 0 Å². The molecule has 2 aromatic carbocycles. The summed E-state index contributed by atoms with van der Waals surface area (Å²) in [6.07, 6.45) is 0. The van der Waals surface area contributed by atoms with Crippen molar-refractivity contribution in [1.82, 2.24) is 0 Å². The minimum absolute atomic E-state index is 0.177. The molecule has 0 spiro atoms. The fourth-order valence-electron chi connectivity index (χ4n) is 1.95. The Morgan fingerprint density at radius 1 is 1.00 bits per heavy atom. The number of rotatable bonds is 4. The zero-order valence-electron chi connectivity index (χ0n) is 12.8. The van der Waals surface area contributed by atoms with Crippen LogP contribution in [0.3, 0.4) is 0 Å². The van der Waals surface area contributed by atoms with Gasteiger partial charge < -0.3 is 9.84 Å². The van der Waals surface area contributed by atoms with Gasteiger partial charge in [-0.3, -0.25) is 4.79 Å². The molecule has 0 saturated carbocycles. The van der Waals surface area contributed by atoms with E-state index in [0.29, 0.717) is 23.6 Å². The van der Waals surface area contributed by atoms with E-state index in [1.807, 2.05) is 26.8 Å². The van der Waals surface area contributed by atoms with Crippen LogP contribution in [-0.4, -0.2) is 11.6 Å². The summed E-state index contributed by atoms with van der Waals surface area (Å²) in [6.45, 7) is 6.44. The first-order chi connectivity index (χ1) is 10.4. The molecule has 2 aromatic rings. The summed E-state index contributed by atoms with van der Waals surface area (Å²) in [5.74, 6) is 0.704. The van der Waals surface area contributed by atoms with Gasteiger partial charge in [0.25, 0.3) is 6.47 Å². The highest BCUT2D eigenvalue weighted by atomic mass is 16.5. The van der Waals surface area contributed by atoms with E-state index < -0.39 is 0 Å². The number of aromatic hydroxyl groups is 1. The average Bonchev–Trinajstić information content (AvgIpc) is 2.47. The summed E-state index contributed by atoms with van der Waals surface area (Å²) in [5.41, 5.74) is 1.95. The fourth-order valence-corrected chi connectivity index (χ4v) is 1.95. The van der Waals surface area contributed by atoms with Gasteiger partial charge in [-0.1, -0.05) is 20.8 Å². The monoisotopic (exact) mass is 298 g/mol. The molecule has 0 bridgehead atoms. The zero-order valence-corrected chi connectivity index (χ0v) is 12.8. The van der Waals surface area contributed by atoms with Crippen LogP contribution in [0.4, 0.5) is 11.4 Å². The third-order valence-electron chi connectivity index (χ3n) is 3.09. The molecular formula is C17H18N2O3. The van der Waals surface area contributed by atoms with Crippen LogP contribution in [0.2, 0.25) is 0 Å². The van der Waals surface area contributed by atoms with E-state index in [9.17, 15) is 9.90 Å². The lowest BCUT2D eigenvalue weighted by atomic mass is 9.86. The zero-order chi connectivity index (χ0) is 16.2. The SMILES string of the molecule is CC(C)(C)c1cc(N=Nc2ccc(OC=O)cc2)ccc1O. The molecule has 5 nitrogen and oxygen atoms in total. The maximum absolute atomic E-state index is 10.2. The topological polar surface area (TPSA) is 71.2 Å². The second-order valence-electron chi connectivity index (χ2n) is 5.86. The van der Waals surface area contributed by atoms with Crippen LogP contribution in [0.1, 0.15) is 26.3 Å². The molecule has 0 aliphatic rings. The molecule has 5 heteroatoms. The number of hydrogen-bond acceptors (Lipinski definition) is 5. The summed E-state index contributed by atoms with van der Waals surface area (Å²) in [7, 11) is 0. The molecule has 2 rings (SSSR count). The maximum atomic E-state index is 10.2. The summed E-state index contributed by atoms with van der Waals surface area (Å²) < 4.78 is 4.71. The van der Waals surface area contributed by atoms with Crippen LogP contribution in [-0.2, 0) is 10.2 Å². The van der Waals surface area contributed by atoms with Gasteiger partial charge in [0.2, 0.25) is 0 Å². The van der Waals surface area contributed by atoms with Crippen molar-refractivity contribution in [2.45, 2.75) is 26.2 Å². The summed E-state index contributed by atoms with van der Waals surface area (Å²) in [4.78, 5) is 10.2. The standard InChI is InChI=1S/C17H18N2O3/c1-17(2,3)15-10-13(6-9-16(15)21)19-18-12-4-7-14(8-5-12)22-11-20/h4-11,21H,1-3H3. The van der Waals surface area contributed by atoms with Gasteiger partial charge in [-0.05, 0) is 47.9 Å². The van der Waals surface area contributed by atoms with Crippen LogP contribution in [0.5, 0.6) is 11.5 Å². The number of benzene rings is 2. The van der Waals surface area contributed by atoms with Crippen LogP contribution in [0, 0.1) is 0 Å². The number of hydrogen-bond donors (Lipinski definition) is 1. The smallest absolute Gasteiger partial charge is 0.298 e. The fraction of sp³-hybridized carbons (Fsp3) is 0.235. The molecule has 0 saturated heterocycles. The number of nitrogens with zero attached hydrogens (tertiary/aromatic N) is 2. The molecule has 1 N–H and O–H groups in total. The third-order valence-corrected chi connectivity index (χ3v) is 3.09. The number of phenols is 1. The largest absolute Gasteiger partial charge is 0.508 e. The van der Waals surface area contributed by atoms with Crippen molar-refractivity contribution in [3.8, 4) is 11.5 Å². The highest BCUT2D eigenvalue weighted by Crippen LogP contribution is 2.34. The Morgan fingerprint density at radius 3 is 2.18 bits per heavy atom. The molecule has 0 aliphatic carbocycles. The minimum Gasteiger partial charge on any atom is -0.508 e. The molecule has 0 fully saturated rings.